The zero-order chi connectivity index (χ0) is 20.7. The Hall–Kier alpha value is -3.29. The molecule has 2 aromatic heterocycles. The Morgan fingerprint density at radius 3 is 2.80 bits per heavy atom. The molecule has 2 aliphatic heterocycles. The molecule has 2 atom stereocenters. The fourth-order valence-corrected chi connectivity index (χ4v) is 4.12. The quantitative estimate of drug-likeness (QED) is 0.659. The molecule has 0 N–H and O–H groups in total. The lowest BCUT2D eigenvalue weighted by Crippen LogP contribution is -2.45. The maximum Gasteiger partial charge on any atom is 0.274 e. The van der Waals surface area contributed by atoms with Crippen LogP contribution in [0.25, 0.3) is 5.65 Å². The van der Waals surface area contributed by atoms with Gasteiger partial charge in [-0.05, 0) is 30.7 Å². The van der Waals surface area contributed by atoms with Gasteiger partial charge in [0.25, 0.3) is 5.56 Å². The van der Waals surface area contributed by atoms with Crippen LogP contribution in [0.15, 0.2) is 41.3 Å². The van der Waals surface area contributed by atoms with E-state index in [2.05, 4.69) is 21.9 Å². The van der Waals surface area contributed by atoms with E-state index < -0.39 is 0 Å². The van der Waals surface area contributed by atoms with Gasteiger partial charge in [0.05, 0.1) is 0 Å². The Labute approximate surface area is 174 Å². The van der Waals surface area contributed by atoms with Crippen LogP contribution in [-0.4, -0.2) is 47.0 Å². The molecule has 5 rings (SSSR count). The first-order chi connectivity index (χ1) is 14.6. The summed E-state index contributed by atoms with van der Waals surface area (Å²) in [5.41, 5.74) is 1.39. The molecule has 30 heavy (non-hydrogen) atoms. The van der Waals surface area contributed by atoms with E-state index in [1.165, 1.54) is 16.8 Å². The predicted molar refractivity (Wildman–Crippen MR) is 112 cm³/mol. The Morgan fingerprint density at radius 2 is 1.97 bits per heavy atom. The molecule has 0 spiro atoms. The van der Waals surface area contributed by atoms with E-state index >= 15 is 0 Å². The summed E-state index contributed by atoms with van der Waals surface area (Å²) in [6.45, 7) is 6.91. The topological polar surface area (TPSA) is 78.2 Å². The summed E-state index contributed by atoms with van der Waals surface area (Å²) in [4.78, 5) is 18.6. The minimum atomic E-state index is -0.175. The first-order valence-corrected chi connectivity index (χ1v) is 10.3. The molecule has 8 nitrogen and oxygen atoms in total. The molecular weight excluding hydrogens is 384 g/mol. The molecule has 1 fully saturated rings. The number of anilines is 1. The Kier molecular flexibility index (Phi) is 4.69. The fraction of sp³-hybridized carbons (Fsp3) is 0.409. The number of aromatic nitrogens is 3. The number of hydrogen-bond donors (Lipinski definition) is 0. The van der Waals surface area contributed by atoms with Gasteiger partial charge in [0.2, 0.25) is 0 Å². The van der Waals surface area contributed by atoms with Gasteiger partial charge in [0.1, 0.15) is 25.1 Å². The Morgan fingerprint density at radius 1 is 1.13 bits per heavy atom. The summed E-state index contributed by atoms with van der Waals surface area (Å²) < 4.78 is 18.9. The van der Waals surface area contributed by atoms with Crippen LogP contribution in [0.5, 0.6) is 17.2 Å². The van der Waals surface area contributed by atoms with Crippen LogP contribution in [0.3, 0.4) is 0 Å². The standard InChI is InChI=1S/C22H24N4O4/c1-14-11-20-23-7-5-21(27)26(20)24-22(14)25-8-6-17(15(2)13-25)30-16-3-4-18-19(12-16)29-10-9-28-18/h3-5,7,11-12,15,17H,6,8-10,13H2,1-2H3/t15-,17+/m0/s1. The summed E-state index contributed by atoms with van der Waals surface area (Å²) in [7, 11) is 0. The van der Waals surface area contributed by atoms with Crippen molar-refractivity contribution in [3.8, 4) is 17.2 Å². The second-order valence-electron chi connectivity index (χ2n) is 7.88. The number of piperidine rings is 1. The van der Waals surface area contributed by atoms with Gasteiger partial charge in [-0.25, -0.2) is 4.98 Å². The molecule has 0 radical (unpaired) electrons. The smallest absolute Gasteiger partial charge is 0.274 e. The third-order valence-electron chi connectivity index (χ3n) is 5.67. The first-order valence-electron chi connectivity index (χ1n) is 10.3. The highest BCUT2D eigenvalue weighted by Crippen LogP contribution is 2.35. The molecule has 0 aliphatic carbocycles. The van der Waals surface area contributed by atoms with E-state index in [4.69, 9.17) is 14.2 Å². The fourth-order valence-electron chi connectivity index (χ4n) is 4.12. The van der Waals surface area contributed by atoms with Crippen molar-refractivity contribution in [3.05, 3.63) is 52.4 Å². The molecular formula is C22H24N4O4. The van der Waals surface area contributed by atoms with Crippen LogP contribution >= 0.6 is 0 Å². The zero-order valence-electron chi connectivity index (χ0n) is 17.1. The molecule has 3 aromatic rings. The van der Waals surface area contributed by atoms with Gasteiger partial charge in [-0.15, -0.1) is 5.10 Å². The van der Waals surface area contributed by atoms with Crippen molar-refractivity contribution in [2.24, 2.45) is 5.92 Å². The van der Waals surface area contributed by atoms with Crippen molar-refractivity contribution in [2.45, 2.75) is 26.4 Å². The highest BCUT2D eigenvalue weighted by Gasteiger charge is 2.29. The van der Waals surface area contributed by atoms with E-state index in [0.717, 1.165) is 48.1 Å². The maximum absolute atomic E-state index is 12.1. The lowest BCUT2D eigenvalue weighted by Gasteiger charge is -2.38. The highest BCUT2D eigenvalue weighted by atomic mass is 16.6. The van der Waals surface area contributed by atoms with Crippen molar-refractivity contribution in [2.75, 3.05) is 31.2 Å². The SMILES string of the molecule is Cc1cc2nccc(=O)n2nc1N1CC[C@@H](Oc2ccc3c(c2)OCCO3)[C@@H](C)C1. The van der Waals surface area contributed by atoms with Crippen molar-refractivity contribution >= 4 is 11.5 Å². The van der Waals surface area contributed by atoms with E-state index in [-0.39, 0.29) is 17.6 Å². The van der Waals surface area contributed by atoms with E-state index in [9.17, 15) is 4.79 Å². The van der Waals surface area contributed by atoms with Gasteiger partial charge in [-0.3, -0.25) is 4.79 Å². The number of hydrogen-bond acceptors (Lipinski definition) is 7. The molecule has 0 amide bonds. The molecule has 8 heteroatoms. The summed E-state index contributed by atoms with van der Waals surface area (Å²) in [6, 6.07) is 9.07. The lowest BCUT2D eigenvalue weighted by atomic mass is 9.96. The first kappa shape index (κ1) is 18.7. The van der Waals surface area contributed by atoms with E-state index in [0.29, 0.717) is 18.9 Å². The highest BCUT2D eigenvalue weighted by molar-refractivity contribution is 5.52. The lowest BCUT2D eigenvalue weighted by molar-refractivity contribution is 0.119. The minimum absolute atomic E-state index is 0.0916. The number of rotatable bonds is 3. The second-order valence-corrected chi connectivity index (χ2v) is 7.88. The molecule has 1 aromatic carbocycles. The summed E-state index contributed by atoms with van der Waals surface area (Å²) in [5, 5.41) is 4.59. The van der Waals surface area contributed by atoms with Crippen LogP contribution in [0.1, 0.15) is 18.9 Å². The number of fused-ring (bicyclic) bond motifs is 2. The van der Waals surface area contributed by atoms with Crippen molar-refractivity contribution < 1.29 is 14.2 Å². The average molecular weight is 408 g/mol. The van der Waals surface area contributed by atoms with Gasteiger partial charge >= 0.3 is 0 Å². The van der Waals surface area contributed by atoms with Crippen LogP contribution < -0.4 is 24.7 Å². The third-order valence-corrected chi connectivity index (χ3v) is 5.67. The molecule has 156 valence electrons. The number of ether oxygens (including phenoxy) is 3. The molecule has 0 unspecified atom stereocenters. The second kappa shape index (κ2) is 7.51. The van der Waals surface area contributed by atoms with E-state index in [1.807, 2.05) is 31.2 Å². The zero-order valence-corrected chi connectivity index (χ0v) is 17.1. The van der Waals surface area contributed by atoms with Crippen LogP contribution in [-0.2, 0) is 0 Å². The van der Waals surface area contributed by atoms with Gasteiger partial charge < -0.3 is 19.1 Å². The average Bonchev–Trinajstić information content (AvgIpc) is 2.75. The Balaban J connectivity index is 1.32. The summed E-state index contributed by atoms with van der Waals surface area (Å²) >= 11 is 0. The van der Waals surface area contributed by atoms with Crippen molar-refractivity contribution in [3.63, 3.8) is 0 Å². The molecule has 0 bridgehead atoms. The van der Waals surface area contributed by atoms with Crippen LogP contribution in [0, 0.1) is 12.8 Å². The summed E-state index contributed by atoms with van der Waals surface area (Å²) in [6.07, 6.45) is 2.46. The largest absolute Gasteiger partial charge is 0.490 e. The normalized spacial score (nSPS) is 20.9. The Bertz CT molecular complexity index is 1150. The summed E-state index contributed by atoms with van der Waals surface area (Å²) in [5.74, 6) is 3.40. The van der Waals surface area contributed by atoms with Gasteiger partial charge in [0.15, 0.2) is 23.0 Å². The molecule has 0 saturated carbocycles. The van der Waals surface area contributed by atoms with Crippen LogP contribution in [0.2, 0.25) is 0 Å². The predicted octanol–water partition coefficient (Wildman–Crippen LogP) is 2.46. The number of nitrogens with zero attached hydrogens (tertiary/aromatic N) is 4. The van der Waals surface area contributed by atoms with Crippen molar-refractivity contribution in [1.29, 1.82) is 0 Å². The van der Waals surface area contributed by atoms with Gasteiger partial charge in [-0.2, -0.15) is 4.52 Å². The molecule has 4 heterocycles. The number of benzene rings is 1. The number of aryl methyl sites for hydroxylation is 1. The maximum atomic E-state index is 12.1. The third kappa shape index (κ3) is 3.42. The van der Waals surface area contributed by atoms with Crippen LogP contribution in [0.4, 0.5) is 5.82 Å². The minimum Gasteiger partial charge on any atom is -0.490 e. The molecule has 1 saturated heterocycles. The monoisotopic (exact) mass is 408 g/mol. The molecule has 2 aliphatic rings. The van der Waals surface area contributed by atoms with E-state index in [1.54, 1.807) is 0 Å². The van der Waals surface area contributed by atoms with Crippen molar-refractivity contribution in [1.82, 2.24) is 14.6 Å². The van der Waals surface area contributed by atoms with Gasteiger partial charge in [0, 0.05) is 43.8 Å². The van der Waals surface area contributed by atoms with Gasteiger partial charge in [-0.1, -0.05) is 6.92 Å².